The summed E-state index contributed by atoms with van der Waals surface area (Å²) in [7, 11) is 2.52. The third kappa shape index (κ3) is 3.45. The zero-order valence-corrected chi connectivity index (χ0v) is 18.2. The Morgan fingerprint density at radius 1 is 1.12 bits per heavy atom. The van der Waals surface area contributed by atoms with E-state index >= 15 is 0 Å². The largest absolute Gasteiger partial charge is 0.494 e. The van der Waals surface area contributed by atoms with Crippen molar-refractivity contribution in [3.8, 4) is 34.1 Å². The van der Waals surface area contributed by atoms with Crippen molar-refractivity contribution in [1.29, 1.82) is 0 Å². The molecule has 1 amide bonds. The first-order valence-corrected chi connectivity index (χ1v) is 10.3. The molecule has 2 aromatic carbocycles. The first-order chi connectivity index (χ1) is 16.4. The number of benzene rings is 2. The molecule has 0 atom stereocenters. The minimum Gasteiger partial charge on any atom is -0.494 e. The van der Waals surface area contributed by atoms with Crippen molar-refractivity contribution in [1.82, 2.24) is 25.1 Å². The molecule has 5 rings (SSSR count). The number of nitrogens with zero attached hydrogens (tertiary/aromatic N) is 4. The minimum absolute atomic E-state index is 0.205. The van der Waals surface area contributed by atoms with E-state index in [-0.39, 0.29) is 23.0 Å². The molecule has 0 radical (unpaired) electrons. The van der Waals surface area contributed by atoms with Crippen LogP contribution in [-0.2, 0) is 13.0 Å². The summed E-state index contributed by atoms with van der Waals surface area (Å²) in [4.78, 5) is 21.2. The van der Waals surface area contributed by atoms with Crippen LogP contribution >= 0.6 is 0 Å². The van der Waals surface area contributed by atoms with Crippen LogP contribution in [0, 0.1) is 11.6 Å². The summed E-state index contributed by atoms with van der Waals surface area (Å²) < 4.78 is 39.7. The quantitative estimate of drug-likeness (QED) is 0.466. The second-order valence-corrected chi connectivity index (χ2v) is 7.75. The monoisotopic (exact) mass is 467 g/mol. The van der Waals surface area contributed by atoms with Crippen LogP contribution in [0.1, 0.15) is 11.1 Å². The molecule has 4 aromatic rings. The molecule has 1 aliphatic heterocycles. The SMILES string of the molecule is COc1cc(OC)c(F)c(-c2ncc3c(-c4ccc5c(c4)CN(C(=O)O)CC5)[nH]nc3n2)c1F. The van der Waals surface area contributed by atoms with Crippen LogP contribution in [-0.4, -0.2) is 57.0 Å². The van der Waals surface area contributed by atoms with Crippen molar-refractivity contribution in [2.24, 2.45) is 0 Å². The Hall–Kier alpha value is -4.28. The van der Waals surface area contributed by atoms with Crippen molar-refractivity contribution in [3.63, 3.8) is 0 Å². The zero-order valence-electron chi connectivity index (χ0n) is 18.2. The van der Waals surface area contributed by atoms with Crippen molar-refractivity contribution >= 4 is 17.1 Å². The fraction of sp³-hybridized carbons (Fsp3) is 0.217. The molecule has 34 heavy (non-hydrogen) atoms. The summed E-state index contributed by atoms with van der Waals surface area (Å²) in [6.07, 6.45) is 1.11. The number of hydrogen-bond donors (Lipinski definition) is 2. The van der Waals surface area contributed by atoms with E-state index in [0.29, 0.717) is 30.6 Å². The maximum Gasteiger partial charge on any atom is 0.407 e. The molecule has 2 N–H and O–H groups in total. The Labute approximate surface area is 192 Å². The maximum absolute atomic E-state index is 14.9. The van der Waals surface area contributed by atoms with Gasteiger partial charge in [0.1, 0.15) is 0 Å². The molecular formula is C23H19F2N5O4. The maximum atomic E-state index is 14.9. The van der Waals surface area contributed by atoms with Crippen molar-refractivity contribution in [3.05, 3.63) is 53.2 Å². The third-order valence-corrected chi connectivity index (χ3v) is 5.89. The number of halogens is 2. The standard InChI is InChI=1S/C23H19F2N5O4/c1-33-15-8-16(34-2)19(25)17(18(15)24)22-26-9-14-20(28-29-21(14)27-22)12-4-3-11-5-6-30(23(31)32)10-13(11)7-12/h3-4,7-9H,5-6,10H2,1-2H3,(H,31,32)(H,26,27,28,29). The summed E-state index contributed by atoms with van der Waals surface area (Å²) in [5.41, 5.74) is 3.10. The molecule has 0 aliphatic carbocycles. The van der Waals surface area contributed by atoms with E-state index in [0.717, 1.165) is 22.8 Å². The van der Waals surface area contributed by atoms with Gasteiger partial charge in [-0.3, -0.25) is 5.10 Å². The molecule has 0 fully saturated rings. The highest BCUT2D eigenvalue weighted by Crippen LogP contribution is 2.37. The van der Waals surface area contributed by atoms with Crippen LogP contribution in [0.15, 0.2) is 30.5 Å². The molecule has 1 aliphatic rings. The van der Waals surface area contributed by atoms with Crippen LogP contribution in [0.5, 0.6) is 11.5 Å². The first-order valence-electron chi connectivity index (χ1n) is 10.3. The van der Waals surface area contributed by atoms with Gasteiger partial charge in [0, 0.05) is 30.9 Å². The minimum atomic E-state index is -0.961. The van der Waals surface area contributed by atoms with E-state index in [2.05, 4.69) is 20.2 Å². The Balaban J connectivity index is 1.57. The first kappa shape index (κ1) is 21.6. The number of ether oxygens (including phenoxy) is 2. The van der Waals surface area contributed by atoms with Gasteiger partial charge < -0.3 is 19.5 Å². The predicted octanol–water partition coefficient (Wildman–Crippen LogP) is 4.02. The highest BCUT2D eigenvalue weighted by molar-refractivity contribution is 5.91. The summed E-state index contributed by atoms with van der Waals surface area (Å²) >= 11 is 0. The molecule has 9 nitrogen and oxygen atoms in total. The summed E-state index contributed by atoms with van der Waals surface area (Å²) in [5.74, 6) is -2.52. The van der Waals surface area contributed by atoms with E-state index < -0.39 is 23.3 Å². The average molecular weight is 467 g/mol. The number of aromatic nitrogens is 4. The van der Waals surface area contributed by atoms with Gasteiger partial charge in [-0.1, -0.05) is 12.1 Å². The molecule has 0 saturated heterocycles. The summed E-state index contributed by atoms with van der Waals surface area (Å²) in [6.45, 7) is 0.745. The Morgan fingerprint density at radius 3 is 2.53 bits per heavy atom. The van der Waals surface area contributed by atoms with Gasteiger partial charge in [0.15, 0.2) is 34.6 Å². The molecule has 2 aromatic heterocycles. The number of methoxy groups -OCH3 is 2. The molecule has 0 spiro atoms. The number of fused-ring (bicyclic) bond motifs is 2. The second kappa shape index (κ2) is 8.25. The van der Waals surface area contributed by atoms with E-state index in [9.17, 15) is 18.7 Å². The second-order valence-electron chi connectivity index (χ2n) is 7.75. The molecule has 11 heteroatoms. The molecule has 3 heterocycles. The third-order valence-electron chi connectivity index (χ3n) is 5.89. The van der Waals surface area contributed by atoms with Crippen LogP contribution in [0.2, 0.25) is 0 Å². The van der Waals surface area contributed by atoms with E-state index in [1.54, 1.807) is 0 Å². The van der Waals surface area contributed by atoms with E-state index in [1.165, 1.54) is 25.3 Å². The van der Waals surface area contributed by atoms with Gasteiger partial charge in [-0.05, 0) is 23.6 Å². The smallest absolute Gasteiger partial charge is 0.407 e. The van der Waals surface area contributed by atoms with Gasteiger partial charge in [-0.2, -0.15) is 5.10 Å². The zero-order chi connectivity index (χ0) is 24.0. The Bertz CT molecular complexity index is 1410. The van der Waals surface area contributed by atoms with Crippen LogP contribution in [0.25, 0.3) is 33.7 Å². The lowest BCUT2D eigenvalue weighted by molar-refractivity contribution is 0.140. The number of carboxylic acid groups (broad SMARTS) is 1. The van der Waals surface area contributed by atoms with Crippen molar-refractivity contribution in [2.75, 3.05) is 20.8 Å². The van der Waals surface area contributed by atoms with E-state index in [1.807, 2.05) is 18.2 Å². The van der Waals surface area contributed by atoms with E-state index in [4.69, 9.17) is 9.47 Å². The predicted molar refractivity (Wildman–Crippen MR) is 118 cm³/mol. The van der Waals surface area contributed by atoms with Crippen LogP contribution < -0.4 is 9.47 Å². The average Bonchev–Trinajstić information content (AvgIpc) is 3.27. The van der Waals surface area contributed by atoms with Gasteiger partial charge in [0.2, 0.25) is 0 Å². The van der Waals surface area contributed by atoms with Gasteiger partial charge in [0.25, 0.3) is 0 Å². The number of nitrogens with one attached hydrogen (secondary N) is 1. The lowest BCUT2D eigenvalue weighted by atomic mass is 9.96. The lowest BCUT2D eigenvalue weighted by Crippen LogP contribution is -2.34. The molecule has 0 saturated carbocycles. The summed E-state index contributed by atoms with van der Waals surface area (Å²) in [5, 5.41) is 17.0. The molecular weight excluding hydrogens is 448 g/mol. The van der Waals surface area contributed by atoms with Gasteiger partial charge >= 0.3 is 6.09 Å². The Morgan fingerprint density at radius 2 is 1.85 bits per heavy atom. The number of carbonyl (C=O) groups is 1. The lowest BCUT2D eigenvalue weighted by Gasteiger charge is -2.26. The van der Waals surface area contributed by atoms with Crippen molar-refractivity contribution in [2.45, 2.75) is 13.0 Å². The number of amides is 1. The Kier molecular flexibility index (Phi) is 5.23. The fourth-order valence-electron chi connectivity index (χ4n) is 4.10. The van der Waals surface area contributed by atoms with Crippen LogP contribution in [0.4, 0.5) is 13.6 Å². The van der Waals surface area contributed by atoms with Gasteiger partial charge in [-0.15, -0.1) is 0 Å². The topological polar surface area (TPSA) is 113 Å². The molecule has 0 bridgehead atoms. The molecule has 0 unspecified atom stereocenters. The number of aromatic amines is 1. The number of hydrogen-bond acceptors (Lipinski definition) is 6. The number of H-pyrrole nitrogens is 1. The van der Waals surface area contributed by atoms with Crippen molar-refractivity contribution < 1.29 is 28.2 Å². The molecule has 174 valence electrons. The highest BCUT2D eigenvalue weighted by atomic mass is 19.1. The number of rotatable bonds is 4. The summed E-state index contributed by atoms with van der Waals surface area (Å²) in [6, 6.07) is 6.87. The fourth-order valence-corrected chi connectivity index (χ4v) is 4.10. The highest BCUT2D eigenvalue weighted by Gasteiger charge is 2.25. The van der Waals surface area contributed by atoms with Crippen LogP contribution in [0.3, 0.4) is 0 Å². The normalized spacial score (nSPS) is 13.1. The van der Waals surface area contributed by atoms with Gasteiger partial charge in [-0.25, -0.2) is 23.5 Å². The van der Waals surface area contributed by atoms with Gasteiger partial charge in [0.05, 0.1) is 30.9 Å².